The van der Waals surface area contributed by atoms with E-state index in [2.05, 4.69) is 0 Å². The third-order valence-electron chi connectivity index (χ3n) is 1.53. The third-order valence-corrected chi connectivity index (χ3v) is 1.53. The van der Waals surface area contributed by atoms with Crippen LogP contribution in [0.1, 0.15) is 32.6 Å². The summed E-state index contributed by atoms with van der Waals surface area (Å²) in [6.07, 6.45) is 0.640. The maximum absolute atomic E-state index is 10.0. The molecule has 0 atom stereocenters. The molecule has 0 aromatic carbocycles. The van der Waals surface area contributed by atoms with Gasteiger partial charge in [-0.15, -0.1) is 0 Å². The standard InChI is InChI=1S/C7H14O4.Na.H/c1-2-7(10,11)5-3-4-6(8)9;;/h10-11H,2-5H2,1H3,(H,8,9);;. The van der Waals surface area contributed by atoms with Crippen LogP contribution in [0.15, 0.2) is 0 Å². The minimum absolute atomic E-state index is 0. The fourth-order valence-corrected chi connectivity index (χ4v) is 0.700. The monoisotopic (exact) mass is 186 g/mol. The first-order valence-corrected chi connectivity index (χ1v) is 3.64. The van der Waals surface area contributed by atoms with Crippen molar-refractivity contribution in [2.24, 2.45) is 0 Å². The zero-order valence-corrected chi connectivity index (χ0v) is 6.58. The van der Waals surface area contributed by atoms with Gasteiger partial charge >= 0.3 is 35.5 Å². The van der Waals surface area contributed by atoms with E-state index in [1.807, 2.05) is 0 Å². The second-order valence-corrected chi connectivity index (χ2v) is 2.58. The Morgan fingerprint density at radius 2 is 1.92 bits per heavy atom. The van der Waals surface area contributed by atoms with Gasteiger partial charge in [0.2, 0.25) is 0 Å². The van der Waals surface area contributed by atoms with E-state index in [1.165, 1.54) is 0 Å². The van der Waals surface area contributed by atoms with E-state index >= 15 is 0 Å². The molecule has 0 spiro atoms. The third kappa shape index (κ3) is 8.49. The SMILES string of the molecule is CCC(O)(O)CCCC(=O)O.[NaH]. The Hall–Kier alpha value is 0.390. The van der Waals surface area contributed by atoms with Crippen molar-refractivity contribution in [2.75, 3.05) is 0 Å². The van der Waals surface area contributed by atoms with Crippen LogP contribution < -0.4 is 0 Å². The number of carboxylic acid groups (broad SMARTS) is 1. The molecule has 68 valence electrons. The molecular weight excluding hydrogens is 171 g/mol. The summed E-state index contributed by atoms with van der Waals surface area (Å²) in [5, 5.41) is 26.2. The zero-order chi connectivity index (χ0) is 8.91. The number of carbonyl (C=O) groups is 1. The van der Waals surface area contributed by atoms with Crippen molar-refractivity contribution in [1.82, 2.24) is 0 Å². The summed E-state index contributed by atoms with van der Waals surface area (Å²) in [4.78, 5) is 10.0. The van der Waals surface area contributed by atoms with E-state index in [9.17, 15) is 4.79 Å². The van der Waals surface area contributed by atoms with Crippen LogP contribution in [0, 0.1) is 0 Å². The summed E-state index contributed by atoms with van der Waals surface area (Å²) in [6.45, 7) is 1.64. The number of hydrogen-bond acceptors (Lipinski definition) is 3. The number of hydrogen-bond donors (Lipinski definition) is 3. The molecule has 0 rings (SSSR count). The maximum atomic E-state index is 10.0. The topological polar surface area (TPSA) is 77.8 Å². The van der Waals surface area contributed by atoms with Crippen molar-refractivity contribution in [3.63, 3.8) is 0 Å². The average Bonchev–Trinajstić information content (AvgIpc) is 1.87. The van der Waals surface area contributed by atoms with Crippen LogP contribution >= 0.6 is 0 Å². The summed E-state index contributed by atoms with van der Waals surface area (Å²) in [5.41, 5.74) is 0. The van der Waals surface area contributed by atoms with Crippen LogP contribution in [0.3, 0.4) is 0 Å². The summed E-state index contributed by atoms with van der Waals surface area (Å²) in [5.74, 6) is -2.59. The van der Waals surface area contributed by atoms with Crippen LogP contribution in [0.5, 0.6) is 0 Å². The van der Waals surface area contributed by atoms with Crippen molar-refractivity contribution in [2.45, 2.75) is 38.4 Å². The molecule has 0 heterocycles. The summed E-state index contributed by atoms with van der Waals surface area (Å²) in [6, 6.07) is 0. The minimum atomic E-state index is -1.69. The predicted molar refractivity (Wildman–Crippen MR) is 46.1 cm³/mol. The van der Waals surface area contributed by atoms with Gasteiger partial charge in [0.05, 0.1) is 0 Å². The fraction of sp³-hybridized carbons (Fsp3) is 0.857. The molecule has 0 radical (unpaired) electrons. The summed E-state index contributed by atoms with van der Waals surface area (Å²) < 4.78 is 0. The van der Waals surface area contributed by atoms with E-state index in [4.69, 9.17) is 15.3 Å². The number of carboxylic acids is 1. The number of aliphatic hydroxyl groups is 2. The molecule has 12 heavy (non-hydrogen) atoms. The Bertz CT molecular complexity index is 135. The van der Waals surface area contributed by atoms with Gasteiger partial charge in [0.25, 0.3) is 0 Å². The molecule has 0 aromatic heterocycles. The van der Waals surface area contributed by atoms with Crippen molar-refractivity contribution < 1.29 is 20.1 Å². The van der Waals surface area contributed by atoms with E-state index in [0.29, 0.717) is 6.42 Å². The average molecular weight is 186 g/mol. The van der Waals surface area contributed by atoms with E-state index in [-0.39, 0.29) is 48.8 Å². The molecule has 0 aliphatic heterocycles. The van der Waals surface area contributed by atoms with Crippen LogP contribution in [-0.4, -0.2) is 56.6 Å². The molecule has 0 aromatic rings. The normalized spacial score (nSPS) is 10.6. The van der Waals surface area contributed by atoms with E-state index in [1.54, 1.807) is 6.92 Å². The van der Waals surface area contributed by atoms with Crippen molar-refractivity contribution in [3.8, 4) is 0 Å². The van der Waals surface area contributed by atoms with Crippen molar-refractivity contribution in [3.05, 3.63) is 0 Å². The van der Waals surface area contributed by atoms with Gasteiger partial charge in [0.1, 0.15) is 0 Å². The second kappa shape index (κ2) is 6.86. The van der Waals surface area contributed by atoms with Gasteiger partial charge in [0.15, 0.2) is 5.79 Å². The van der Waals surface area contributed by atoms with Crippen LogP contribution in [0.4, 0.5) is 0 Å². The van der Waals surface area contributed by atoms with Gasteiger partial charge in [-0.2, -0.15) is 0 Å². The van der Waals surface area contributed by atoms with Gasteiger partial charge in [0, 0.05) is 12.8 Å². The van der Waals surface area contributed by atoms with E-state index < -0.39 is 11.8 Å². The molecule has 0 aliphatic carbocycles. The summed E-state index contributed by atoms with van der Waals surface area (Å²) >= 11 is 0. The van der Waals surface area contributed by atoms with Crippen molar-refractivity contribution in [1.29, 1.82) is 0 Å². The van der Waals surface area contributed by atoms with Gasteiger partial charge < -0.3 is 15.3 Å². The first kappa shape index (κ1) is 14.9. The molecular formula is C7H15NaO4. The first-order chi connectivity index (χ1) is 4.98. The Morgan fingerprint density at radius 1 is 1.42 bits per heavy atom. The first-order valence-electron chi connectivity index (χ1n) is 3.64. The second-order valence-electron chi connectivity index (χ2n) is 2.58. The van der Waals surface area contributed by atoms with Gasteiger partial charge in [-0.1, -0.05) is 6.92 Å². The molecule has 5 heteroatoms. The molecule has 0 aliphatic rings. The molecule has 0 amide bonds. The van der Waals surface area contributed by atoms with Crippen LogP contribution in [0.25, 0.3) is 0 Å². The fourth-order valence-electron chi connectivity index (χ4n) is 0.700. The van der Waals surface area contributed by atoms with Crippen molar-refractivity contribution >= 4 is 35.5 Å². The van der Waals surface area contributed by atoms with Crippen LogP contribution in [-0.2, 0) is 4.79 Å². The predicted octanol–water partition coefficient (Wildman–Crippen LogP) is -0.316. The molecule has 0 fully saturated rings. The quantitative estimate of drug-likeness (QED) is 0.406. The van der Waals surface area contributed by atoms with Gasteiger partial charge in [-0.05, 0) is 12.8 Å². The van der Waals surface area contributed by atoms with Gasteiger partial charge in [-0.3, -0.25) is 4.79 Å². The number of rotatable bonds is 5. The molecule has 0 unspecified atom stereocenters. The van der Waals surface area contributed by atoms with E-state index in [0.717, 1.165) is 0 Å². The Labute approximate surface area is 93.9 Å². The Morgan fingerprint density at radius 3 is 2.25 bits per heavy atom. The zero-order valence-electron chi connectivity index (χ0n) is 6.58. The van der Waals surface area contributed by atoms with Gasteiger partial charge in [-0.25, -0.2) is 0 Å². The Balaban J connectivity index is 0. The molecule has 0 saturated carbocycles. The summed E-state index contributed by atoms with van der Waals surface area (Å²) in [7, 11) is 0. The van der Waals surface area contributed by atoms with Crippen LogP contribution in [0.2, 0.25) is 0 Å². The molecule has 0 bridgehead atoms. The molecule has 0 saturated heterocycles. The molecule has 4 nitrogen and oxygen atoms in total. The number of aliphatic carboxylic acids is 1. The molecule has 3 N–H and O–H groups in total. The Kier molecular flexibility index (Phi) is 8.51.